The predicted octanol–water partition coefficient (Wildman–Crippen LogP) is 2.93. The zero-order valence-electron chi connectivity index (χ0n) is 12.4. The van der Waals surface area contributed by atoms with Crippen molar-refractivity contribution in [1.29, 1.82) is 0 Å². The van der Waals surface area contributed by atoms with Crippen molar-refractivity contribution >= 4 is 35.8 Å². The van der Waals surface area contributed by atoms with E-state index >= 15 is 0 Å². The van der Waals surface area contributed by atoms with Crippen LogP contribution in [0.5, 0.6) is 5.75 Å². The van der Waals surface area contributed by atoms with Crippen molar-refractivity contribution < 1.29 is 9.53 Å². The van der Waals surface area contributed by atoms with Gasteiger partial charge in [-0.15, -0.1) is 12.4 Å². The molecule has 1 aliphatic rings. The molecule has 0 saturated carbocycles. The van der Waals surface area contributed by atoms with Crippen LogP contribution in [0.1, 0.15) is 20.3 Å². The van der Waals surface area contributed by atoms with Crippen LogP contribution in [0.25, 0.3) is 0 Å². The number of carbonyl (C=O) groups is 1. The first kappa shape index (κ1) is 18.1. The van der Waals surface area contributed by atoms with E-state index in [4.69, 9.17) is 4.74 Å². The highest BCUT2D eigenvalue weighted by Crippen LogP contribution is 2.17. The Morgan fingerprint density at radius 2 is 2.14 bits per heavy atom. The van der Waals surface area contributed by atoms with Crippen molar-refractivity contribution in [3.63, 3.8) is 0 Å². The number of thioether (sulfide) groups is 1. The summed E-state index contributed by atoms with van der Waals surface area (Å²) in [6, 6.07) is 7.80. The Hall–Kier alpha value is -0.910. The van der Waals surface area contributed by atoms with Gasteiger partial charge < -0.3 is 15.4 Å². The Bertz CT molecular complexity index is 434. The maximum Gasteiger partial charge on any atom is 0.225 e. The van der Waals surface area contributed by atoms with Crippen molar-refractivity contribution in [2.75, 3.05) is 23.4 Å². The quantitative estimate of drug-likeness (QED) is 0.871. The van der Waals surface area contributed by atoms with E-state index in [1.165, 1.54) is 0 Å². The molecule has 1 amide bonds. The normalized spacial score (nSPS) is 18.0. The van der Waals surface area contributed by atoms with Crippen LogP contribution in [0, 0.1) is 0 Å². The summed E-state index contributed by atoms with van der Waals surface area (Å²) in [7, 11) is 0. The van der Waals surface area contributed by atoms with Gasteiger partial charge in [0.25, 0.3) is 0 Å². The average molecular weight is 331 g/mol. The molecule has 1 saturated heterocycles. The van der Waals surface area contributed by atoms with Gasteiger partial charge in [-0.3, -0.25) is 4.79 Å². The number of ether oxygens (including phenoxy) is 1. The smallest absolute Gasteiger partial charge is 0.225 e. The molecular weight excluding hydrogens is 308 g/mol. The molecule has 6 heteroatoms. The third kappa shape index (κ3) is 6.59. The second-order valence-corrected chi connectivity index (χ2v) is 6.32. The van der Waals surface area contributed by atoms with Crippen LogP contribution in [0.3, 0.4) is 0 Å². The van der Waals surface area contributed by atoms with E-state index < -0.39 is 0 Å². The standard InChI is InChI=1S/C15H22N2O2S.ClH/c1-11(2)19-14-5-3-12(4-6-14)17-15(18)9-13-10-20-8-7-16-13;/h3-6,11,13,16H,7-10H2,1-2H3,(H,17,18);1H. The number of benzene rings is 1. The van der Waals surface area contributed by atoms with Crippen molar-refractivity contribution in [2.24, 2.45) is 0 Å². The second-order valence-electron chi connectivity index (χ2n) is 5.17. The van der Waals surface area contributed by atoms with E-state index in [2.05, 4.69) is 10.6 Å². The van der Waals surface area contributed by atoms with E-state index in [1.54, 1.807) is 0 Å². The van der Waals surface area contributed by atoms with Gasteiger partial charge in [0, 0.05) is 36.2 Å². The van der Waals surface area contributed by atoms with Crippen LogP contribution in [0.15, 0.2) is 24.3 Å². The zero-order valence-corrected chi connectivity index (χ0v) is 14.1. The average Bonchev–Trinajstić information content (AvgIpc) is 2.41. The van der Waals surface area contributed by atoms with Crippen molar-refractivity contribution in [3.05, 3.63) is 24.3 Å². The van der Waals surface area contributed by atoms with Gasteiger partial charge in [0.05, 0.1) is 6.10 Å². The van der Waals surface area contributed by atoms with Crippen molar-refractivity contribution in [1.82, 2.24) is 5.32 Å². The molecule has 4 nitrogen and oxygen atoms in total. The SMILES string of the molecule is CC(C)Oc1ccc(NC(=O)CC2CSCCN2)cc1.Cl. The number of halogens is 1. The minimum Gasteiger partial charge on any atom is -0.491 e. The van der Waals surface area contributed by atoms with Crippen LogP contribution in [0.4, 0.5) is 5.69 Å². The van der Waals surface area contributed by atoms with E-state index in [-0.39, 0.29) is 30.5 Å². The Morgan fingerprint density at radius 3 is 2.71 bits per heavy atom. The number of hydrogen-bond donors (Lipinski definition) is 2. The summed E-state index contributed by atoms with van der Waals surface area (Å²) < 4.78 is 5.57. The van der Waals surface area contributed by atoms with Crippen LogP contribution >= 0.6 is 24.2 Å². The number of hydrogen-bond acceptors (Lipinski definition) is 4. The Labute approximate surface area is 136 Å². The highest BCUT2D eigenvalue weighted by molar-refractivity contribution is 7.99. The molecule has 2 N–H and O–H groups in total. The Morgan fingerprint density at radius 1 is 1.43 bits per heavy atom. The van der Waals surface area contributed by atoms with Gasteiger partial charge in [0.15, 0.2) is 0 Å². The maximum atomic E-state index is 12.0. The fourth-order valence-corrected chi connectivity index (χ4v) is 3.02. The predicted molar refractivity (Wildman–Crippen MR) is 91.8 cm³/mol. The summed E-state index contributed by atoms with van der Waals surface area (Å²) in [5.41, 5.74) is 0.814. The molecule has 21 heavy (non-hydrogen) atoms. The van der Waals surface area contributed by atoms with Crippen LogP contribution in [0.2, 0.25) is 0 Å². The van der Waals surface area contributed by atoms with Gasteiger partial charge in [-0.1, -0.05) is 0 Å². The first-order valence-corrected chi connectivity index (χ1v) is 8.16. The number of amides is 1. The fourth-order valence-electron chi connectivity index (χ4n) is 2.08. The summed E-state index contributed by atoms with van der Waals surface area (Å²) >= 11 is 1.90. The van der Waals surface area contributed by atoms with Crippen LogP contribution in [-0.4, -0.2) is 36.1 Å². The molecule has 1 atom stereocenters. The number of nitrogens with one attached hydrogen (secondary N) is 2. The molecule has 0 radical (unpaired) electrons. The fraction of sp³-hybridized carbons (Fsp3) is 0.533. The lowest BCUT2D eigenvalue weighted by molar-refractivity contribution is -0.116. The van der Waals surface area contributed by atoms with Crippen molar-refractivity contribution in [2.45, 2.75) is 32.4 Å². The van der Waals surface area contributed by atoms with E-state index in [0.717, 1.165) is 29.5 Å². The van der Waals surface area contributed by atoms with E-state index in [0.29, 0.717) is 6.42 Å². The topological polar surface area (TPSA) is 50.4 Å². The molecule has 1 unspecified atom stereocenters. The summed E-state index contributed by atoms with van der Waals surface area (Å²) in [6.45, 7) is 4.97. The molecule has 1 aliphatic heterocycles. The van der Waals surface area contributed by atoms with Gasteiger partial charge in [-0.25, -0.2) is 0 Å². The molecule has 1 fully saturated rings. The van der Waals surface area contributed by atoms with Gasteiger partial charge in [-0.05, 0) is 38.1 Å². The van der Waals surface area contributed by atoms with E-state index in [1.807, 2.05) is 49.9 Å². The molecular formula is C15H23ClN2O2S. The van der Waals surface area contributed by atoms with Gasteiger partial charge in [0.1, 0.15) is 5.75 Å². The minimum atomic E-state index is 0. The van der Waals surface area contributed by atoms with Crippen molar-refractivity contribution in [3.8, 4) is 5.75 Å². The summed E-state index contributed by atoms with van der Waals surface area (Å²) in [5.74, 6) is 3.02. The third-order valence-electron chi connectivity index (χ3n) is 2.94. The summed E-state index contributed by atoms with van der Waals surface area (Å²) in [5, 5.41) is 6.29. The highest BCUT2D eigenvalue weighted by atomic mass is 35.5. The maximum absolute atomic E-state index is 12.0. The van der Waals surface area contributed by atoms with Gasteiger partial charge in [0.2, 0.25) is 5.91 Å². The van der Waals surface area contributed by atoms with Crippen LogP contribution in [-0.2, 0) is 4.79 Å². The van der Waals surface area contributed by atoms with E-state index in [9.17, 15) is 4.79 Å². The zero-order chi connectivity index (χ0) is 14.4. The molecule has 1 aromatic rings. The Kier molecular flexibility index (Phi) is 7.93. The third-order valence-corrected chi connectivity index (χ3v) is 4.07. The highest BCUT2D eigenvalue weighted by Gasteiger charge is 2.16. The Balaban J connectivity index is 0.00000220. The first-order chi connectivity index (χ1) is 9.63. The minimum absolute atomic E-state index is 0. The number of carbonyl (C=O) groups excluding carboxylic acids is 1. The van der Waals surface area contributed by atoms with Gasteiger partial charge in [-0.2, -0.15) is 11.8 Å². The van der Waals surface area contributed by atoms with Crippen LogP contribution < -0.4 is 15.4 Å². The number of anilines is 1. The molecule has 0 aliphatic carbocycles. The summed E-state index contributed by atoms with van der Waals surface area (Å²) in [4.78, 5) is 12.0. The first-order valence-electron chi connectivity index (χ1n) is 7.01. The van der Waals surface area contributed by atoms with Gasteiger partial charge >= 0.3 is 0 Å². The molecule has 0 aromatic heterocycles. The summed E-state index contributed by atoms with van der Waals surface area (Å²) in [6.07, 6.45) is 0.683. The molecule has 0 bridgehead atoms. The second kappa shape index (κ2) is 9.18. The lowest BCUT2D eigenvalue weighted by atomic mass is 10.2. The largest absolute Gasteiger partial charge is 0.491 e. The number of rotatable bonds is 5. The molecule has 118 valence electrons. The molecule has 0 spiro atoms. The molecule has 1 heterocycles. The lowest BCUT2D eigenvalue weighted by Crippen LogP contribution is -2.39. The molecule has 2 rings (SSSR count). The lowest BCUT2D eigenvalue weighted by Gasteiger charge is -2.22. The monoisotopic (exact) mass is 330 g/mol. The molecule has 1 aromatic carbocycles.